The van der Waals surface area contributed by atoms with Crippen LogP contribution in [0, 0.1) is 0 Å². The lowest BCUT2D eigenvalue weighted by Gasteiger charge is -2.08. The van der Waals surface area contributed by atoms with E-state index in [2.05, 4.69) is 20.3 Å². The van der Waals surface area contributed by atoms with Gasteiger partial charge in [0.1, 0.15) is 18.2 Å². The van der Waals surface area contributed by atoms with E-state index in [9.17, 15) is 4.79 Å². The number of benzene rings is 1. The lowest BCUT2D eigenvalue weighted by Crippen LogP contribution is -2.13. The molecule has 0 spiro atoms. The maximum absolute atomic E-state index is 11.2. The molecule has 1 N–H and O–H groups in total. The summed E-state index contributed by atoms with van der Waals surface area (Å²) in [5.41, 5.74) is 0.162. The quantitative estimate of drug-likeness (QED) is 0.633. The molecular formula is C15H15N3O5. The lowest BCUT2D eigenvalue weighted by atomic mass is 10.3. The first kappa shape index (κ1) is 14.9. The van der Waals surface area contributed by atoms with Gasteiger partial charge in [0.15, 0.2) is 17.2 Å². The van der Waals surface area contributed by atoms with Gasteiger partial charge in [-0.1, -0.05) is 0 Å². The van der Waals surface area contributed by atoms with Crippen LogP contribution in [0.5, 0.6) is 17.2 Å². The number of methoxy groups -OCH3 is 1. The van der Waals surface area contributed by atoms with Crippen LogP contribution in [0.15, 0.2) is 30.3 Å². The minimum Gasteiger partial charge on any atom is -0.492 e. The average molecular weight is 317 g/mol. The Morgan fingerprint density at radius 1 is 1.22 bits per heavy atom. The number of carbonyl (C=O) groups is 1. The summed E-state index contributed by atoms with van der Waals surface area (Å²) in [5, 5.41) is 10.7. The summed E-state index contributed by atoms with van der Waals surface area (Å²) in [6.07, 6.45) is 0. The highest BCUT2D eigenvalue weighted by Crippen LogP contribution is 2.34. The number of aromatic nitrogens is 2. The largest absolute Gasteiger partial charge is 0.492 e. The Morgan fingerprint density at radius 3 is 2.87 bits per heavy atom. The third-order valence-corrected chi connectivity index (χ3v) is 3.08. The number of carbonyl (C=O) groups excluding carboxylic acids is 1. The lowest BCUT2D eigenvalue weighted by molar-refractivity contribution is 0.0592. The number of esters is 1. The van der Waals surface area contributed by atoms with Crippen molar-refractivity contribution in [3.63, 3.8) is 0 Å². The van der Waals surface area contributed by atoms with Crippen molar-refractivity contribution in [1.29, 1.82) is 0 Å². The van der Waals surface area contributed by atoms with Crippen LogP contribution in [0.2, 0.25) is 0 Å². The van der Waals surface area contributed by atoms with Crippen LogP contribution >= 0.6 is 0 Å². The second-order valence-corrected chi connectivity index (χ2v) is 4.59. The Morgan fingerprint density at radius 2 is 2.09 bits per heavy atom. The van der Waals surface area contributed by atoms with E-state index in [-0.39, 0.29) is 12.5 Å². The number of hydrogen-bond acceptors (Lipinski definition) is 8. The van der Waals surface area contributed by atoms with Crippen molar-refractivity contribution in [2.24, 2.45) is 0 Å². The molecule has 0 saturated heterocycles. The highest BCUT2D eigenvalue weighted by molar-refractivity contribution is 5.86. The molecule has 0 amide bonds. The summed E-state index contributed by atoms with van der Waals surface area (Å²) in [4.78, 5) is 11.2. The molecule has 0 aliphatic carbocycles. The standard InChI is InChI=1S/C15H15N3O5/c1-20-15(19)11-3-5-14(18-17-11)16-6-7-21-10-2-4-12-13(8-10)23-9-22-12/h2-5,8H,6-7,9H2,1H3,(H,16,18). The van der Waals surface area contributed by atoms with Crippen LogP contribution in [-0.4, -0.2) is 43.2 Å². The summed E-state index contributed by atoms with van der Waals surface area (Å²) in [7, 11) is 1.30. The van der Waals surface area contributed by atoms with Crippen LogP contribution in [0.25, 0.3) is 0 Å². The molecule has 23 heavy (non-hydrogen) atoms. The van der Waals surface area contributed by atoms with Crippen LogP contribution in [0.3, 0.4) is 0 Å². The highest BCUT2D eigenvalue weighted by Gasteiger charge is 2.13. The number of hydrogen-bond donors (Lipinski definition) is 1. The molecular weight excluding hydrogens is 302 g/mol. The maximum Gasteiger partial charge on any atom is 0.358 e. The Labute approximate surface area is 132 Å². The predicted octanol–water partition coefficient (Wildman–Crippen LogP) is 1.48. The zero-order chi connectivity index (χ0) is 16.1. The Balaban J connectivity index is 1.45. The normalized spacial score (nSPS) is 11.9. The first-order valence-electron chi connectivity index (χ1n) is 6.94. The van der Waals surface area contributed by atoms with E-state index < -0.39 is 5.97 Å². The third-order valence-electron chi connectivity index (χ3n) is 3.08. The molecule has 1 aromatic heterocycles. The highest BCUT2D eigenvalue weighted by atomic mass is 16.7. The van der Waals surface area contributed by atoms with Crippen molar-refractivity contribution in [2.75, 3.05) is 32.4 Å². The minimum atomic E-state index is -0.518. The van der Waals surface area contributed by atoms with Gasteiger partial charge in [-0.2, -0.15) is 0 Å². The van der Waals surface area contributed by atoms with Gasteiger partial charge in [-0.05, 0) is 24.3 Å². The van der Waals surface area contributed by atoms with Gasteiger partial charge in [0.2, 0.25) is 6.79 Å². The summed E-state index contributed by atoms with van der Waals surface area (Å²) < 4.78 is 20.7. The van der Waals surface area contributed by atoms with Gasteiger partial charge in [-0.3, -0.25) is 0 Å². The first-order chi connectivity index (χ1) is 11.3. The van der Waals surface area contributed by atoms with Crippen molar-refractivity contribution < 1.29 is 23.7 Å². The Bertz CT molecular complexity index is 690. The van der Waals surface area contributed by atoms with Crippen LogP contribution < -0.4 is 19.5 Å². The smallest absolute Gasteiger partial charge is 0.358 e. The molecule has 1 aromatic carbocycles. The summed E-state index contributed by atoms with van der Waals surface area (Å²) in [5.74, 6) is 2.13. The molecule has 120 valence electrons. The number of ether oxygens (including phenoxy) is 4. The molecule has 2 aromatic rings. The summed E-state index contributed by atoms with van der Waals surface area (Å²) in [6.45, 7) is 1.20. The van der Waals surface area contributed by atoms with E-state index in [0.29, 0.717) is 30.5 Å². The summed E-state index contributed by atoms with van der Waals surface area (Å²) >= 11 is 0. The molecule has 2 heterocycles. The number of nitrogens with zero attached hydrogens (tertiary/aromatic N) is 2. The van der Waals surface area contributed by atoms with Gasteiger partial charge in [0.25, 0.3) is 0 Å². The Kier molecular flexibility index (Phi) is 4.41. The van der Waals surface area contributed by atoms with Crippen molar-refractivity contribution in [3.8, 4) is 17.2 Å². The fourth-order valence-corrected chi connectivity index (χ4v) is 1.95. The van der Waals surface area contributed by atoms with Crippen LogP contribution in [0.1, 0.15) is 10.5 Å². The van der Waals surface area contributed by atoms with Gasteiger partial charge < -0.3 is 24.3 Å². The fraction of sp³-hybridized carbons (Fsp3) is 0.267. The molecule has 3 rings (SSSR count). The number of anilines is 1. The summed E-state index contributed by atoms with van der Waals surface area (Å²) in [6, 6.07) is 8.60. The molecule has 8 nitrogen and oxygen atoms in total. The van der Waals surface area contributed by atoms with Crippen molar-refractivity contribution in [3.05, 3.63) is 36.0 Å². The van der Waals surface area contributed by atoms with E-state index in [1.807, 2.05) is 12.1 Å². The molecule has 0 fully saturated rings. The molecule has 0 atom stereocenters. The fourth-order valence-electron chi connectivity index (χ4n) is 1.95. The Hall–Kier alpha value is -3.03. The van der Waals surface area contributed by atoms with Crippen LogP contribution in [0.4, 0.5) is 5.82 Å². The van der Waals surface area contributed by atoms with E-state index in [1.54, 1.807) is 18.2 Å². The van der Waals surface area contributed by atoms with Gasteiger partial charge in [0.05, 0.1) is 13.7 Å². The topological polar surface area (TPSA) is 91.8 Å². The zero-order valence-electron chi connectivity index (χ0n) is 12.4. The maximum atomic E-state index is 11.2. The molecule has 0 unspecified atom stereocenters. The van der Waals surface area contributed by atoms with Crippen molar-refractivity contribution in [2.45, 2.75) is 0 Å². The van der Waals surface area contributed by atoms with Gasteiger partial charge in [-0.15, -0.1) is 10.2 Å². The van der Waals surface area contributed by atoms with E-state index >= 15 is 0 Å². The van der Waals surface area contributed by atoms with Crippen molar-refractivity contribution >= 4 is 11.8 Å². The van der Waals surface area contributed by atoms with Crippen molar-refractivity contribution in [1.82, 2.24) is 10.2 Å². The molecule has 1 aliphatic rings. The molecule has 0 bridgehead atoms. The van der Waals surface area contributed by atoms with Gasteiger partial charge in [0, 0.05) is 6.07 Å². The number of fused-ring (bicyclic) bond motifs is 1. The number of nitrogens with one attached hydrogen (secondary N) is 1. The average Bonchev–Trinajstić information content (AvgIpc) is 3.06. The monoisotopic (exact) mass is 317 g/mol. The van der Waals surface area contributed by atoms with Gasteiger partial charge in [-0.25, -0.2) is 4.79 Å². The predicted molar refractivity (Wildman–Crippen MR) is 79.9 cm³/mol. The second-order valence-electron chi connectivity index (χ2n) is 4.59. The van der Waals surface area contributed by atoms with E-state index in [1.165, 1.54) is 7.11 Å². The molecule has 1 aliphatic heterocycles. The third kappa shape index (κ3) is 3.60. The van der Waals surface area contributed by atoms with E-state index in [4.69, 9.17) is 14.2 Å². The SMILES string of the molecule is COC(=O)c1ccc(NCCOc2ccc3c(c2)OCO3)nn1. The second kappa shape index (κ2) is 6.82. The molecule has 8 heteroatoms. The van der Waals surface area contributed by atoms with E-state index in [0.717, 1.165) is 5.75 Å². The first-order valence-corrected chi connectivity index (χ1v) is 6.94. The van der Waals surface area contributed by atoms with Gasteiger partial charge >= 0.3 is 5.97 Å². The van der Waals surface area contributed by atoms with Crippen LogP contribution in [-0.2, 0) is 4.74 Å². The molecule has 0 radical (unpaired) electrons. The molecule has 0 saturated carbocycles. The minimum absolute atomic E-state index is 0.162. The zero-order valence-corrected chi connectivity index (χ0v) is 12.4. The number of rotatable bonds is 6.